The van der Waals surface area contributed by atoms with Crippen LogP contribution >= 0.6 is 0 Å². The Balaban J connectivity index is 2.53. The van der Waals surface area contributed by atoms with Crippen molar-refractivity contribution in [3.8, 4) is 0 Å². The van der Waals surface area contributed by atoms with Crippen LogP contribution in [0.4, 0.5) is 0 Å². The van der Waals surface area contributed by atoms with Gasteiger partial charge in [-0.3, -0.25) is 9.59 Å². The molecule has 0 aliphatic rings. The third kappa shape index (κ3) is 4.99. The minimum absolute atomic E-state index is 0.152. The highest BCUT2D eigenvalue weighted by Crippen LogP contribution is 2.08. The zero-order valence-corrected chi connectivity index (χ0v) is 11.5. The van der Waals surface area contributed by atoms with E-state index in [0.717, 1.165) is 5.76 Å². The maximum absolute atomic E-state index is 11.9. The van der Waals surface area contributed by atoms with Gasteiger partial charge >= 0.3 is 5.97 Å². The molecule has 0 bridgehead atoms. The van der Waals surface area contributed by atoms with Crippen LogP contribution in [-0.2, 0) is 14.3 Å². The van der Waals surface area contributed by atoms with E-state index in [2.05, 4.69) is 4.74 Å². The number of ether oxygens (including phenoxy) is 1. The van der Waals surface area contributed by atoms with E-state index >= 15 is 0 Å². The van der Waals surface area contributed by atoms with Crippen molar-refractivity contribution in [2.75, 3.05) is 20.2 Å². The van der Waals surface area contributed by atoms with Gasteiger partial charge in [0.05, 0.1) is 13.5 Å². The van der Waals surface area contributed by atoms with Gasteiger partial charge in [-0.1, -0.05) is 0 Å². The fourth-order valence-corrected chi connectivity index (χ4v) is 1.55. The third-order valence-corrected chi connectivity index (χ3v) is 2.66. The Morgan fingerprint density at radius 3 is 2.68 bits per heavy atom. The molecule has 5 nitrogen and oxygen atoms in total. The van der Waals surface area contributed by atoms with Gasteiger partial charge in [0.2, 0.25) is 5.91 Å². The average molecular weight is 265 g/mol. The lowest BCUT2D eigenvalue weighted by Crippen LogP contribution is -2.31. The molecule has 0 fully saturated rings. The van der Waals surface area contributed by atoms with E-state index in [1.54, 1.807) is 17.0 Å². The van der Waals surface area contributed by atoms with Crippen LogP contribution in [0.5, 0.6) is 0 Å². The fraction of sp³-hybridized carbons (Fsp3) is 0.429. The lowest BCUT2D eigenvalue weighted by Gasteiger charge is -2.18. The monoisotopic (exact) mass is 265 g/mol. The number of amides is 1. The summed E-state index contributed by atoms with van der Waals surface area (Å²) in [4.78, 5) is 24.5. The summed E-state index contributed by atoms with van der Waals surface area (Å²) in [7, 11) is 1.33. The summed E-state index contributed by atoms with van der Waals surface area (Å²) in [6, 6.07) is 3.63. The molecule has 0 aromatic carbocycles. The van der Waals surface area contributed by atoms with E-state index in [4.69, 9.17) is 4.42 Å². The first-order valence-corrected chi connectivity index (χ1v) is 6.17. The predicted molar refractivity (Wildman–Crippen MR) is 71.4 cm³/mol. The Kier molecular flexibility index (Phi) is 5.85. The molecule has 0 atom stereocenters. The van der Waals surface area contributed by atoms with Crippen LogP contribution < -0.4 is 0 Å². The Morgan fingerprint density at radius 1 is 1.42 bits per heavy atom. The van der Waals surface area contributed by atoms with Gasteiger partial charge in [0.25, 0.3) is 0 Å². The van der Waals surface area contributed by atoms with Gasteiger partial charge in [0.1, 0.15) is 11.5 Å². The molecule has 104 valence electrons. The van der Waals surface area contributed by atoms with Crippen LogP contribution in [0.1, 0.15) is 24.9 Å². The second kappa shape index (κ2) is 7.41. The normalized spacial score (nSPS) is 10.7. The Bertz CT molecular complexity index is 462. The number of carbonyl (C=O) groups is 2. The van der Waals surface area contributed by atoms with E-state index in [1.807, 2.05) is 19.9 Å². The smallest absolute Gasteiger partial charge is 0.307 e. The number of methoxy groups -OCH3 is 1. The van der Waals surface area contributed by atoms with Crippen LogP contribution in [0.3, 0.4) is 0 Å². The molecule has 0 aliphatic heterocycles. The van der Waals surface area contributed by atoms with Crippen molar-refractivity contribution in [2.24, 2.45) is 0 Å². The van der Waals surface area contributed by atoms with Gasteiger partial charge in [-0.25, -0.2) is 0 Å². The number of esters is 1. The highest BCUT2D eigenvalue weighted by Gasteiger charge is 2.10. The number of likely N-dealkylation sites (N-methyl/N-ethyl adjacent to an activating group) is 1. The zero-order valence-electron chi connectivity index (χ0n) is 11.5. The van der Waals surface area contributed by atoms with E-state index in [1.165, 1.54) is 13.2 Å². The largest absolute Gasteiger partial charge is 0.469 e. The number of nitrogens with zero attached hydrogens (tertiary/aromatic N) is 1. The number of furan rings is 1. The van der Waals surface area contributed by atoms with E-state index in [0.29, 0.717) is 18.8 Å². The van der Waals surface area contributed by atoms with Crippen LogP contribution in [0.2, 0.25) is 0 Å². The number of hydrogen-bond donors (Lipinski definition) is 0. The Hall–Kier alpha value is -2.04. The maximum Gasteiger partial charge on any atom is 0.307 e. The van der Waals surface area contributed by atoms with Crippen LogP contribution in [0.15, 0.2) is 22.6 Å². The summed E-state index contributed by atoms with van der Waals surface area (Å²) in [5, 5.41) is 0. The topological polar surface area (TPSA) is 59.8 Å². The lowest BCUT2D eigenvalue weighted by molar-refractivity contribution is -0.141. The standard InChI is InChI=1S/C14H19NO4/c1-4-15(10-9-14(17)18-3)13(16)8-7-12-6-5-11(2)19-12/h5-8H,4,9-10H2,1-3H3/b8-7+. The molecule has 1 aromatic rings. The molecule has 0 unspecified atom stereocenters. The van der Waals surface area contributed by atoms with Gasteiger partial charge in [-0.2, -0.15) is 0 Å². The molecular formula is C14H19NO4. The highest BCUT2D eigenvalue weighted by molar-refractivity contribution is 5.91. The molecule has 5 heteroatoms. The second-order valence-corrected chi connectivity index (χ2v) is 4.03. The predicted octanol–water partition coefficient (Wildman–Crippen LogP) is 2.01. The number of hydrogen-bond acceptors (Lipinski definition) is 4. The summed E-state index contributed by atoms with van der Waals surface area (Å²) in [5.74, 6) is 0.956. The molecule has 1 rings (SSSR count). The summed E-state index contributed by atoms with van der Waals surface area (Å²) >= 11 is 0. The van der Waals surface area contributed by atoms with Crippen molar-refractivity contribution in [3.05, 3.63) is 29.7 Å². The average Bonchev–Trinajstić information content (AvgIpc) is 2.82. The number of carbonyl (C=O) groups excluding carboxylic acids is 2. The molecule has 1 aromatic heterocycles. The van der Waals surface area contributed by atoms with Crippen molar-refractivity contribution in [2.45, 2.75) is 20.3 Å². The van der Waals surface area contributed by atoms with Crippen molar-refractivity contribution in [3.63, 3.8) is 0 Å². The Labute approximate surface area is 112 Å². The summed E-state index contributed by atoms with van der Waals surface area (Å²) in [5.41, 5.74) is 0. The molecular weight excluding hydrogens is 246 g/mol. The molecule has 0 saturated carbocycles. The first-order chi connectivity index (χ1) is 9.06. The fourth-order valence-electron chi connectivity index (χ4n) is 1.55. The van der Waals surface area contributed by atoms with Gasteiger partial charge in [-0.05, 0) is 32.1 Å². The quantitative estimate of drug-likeness (QED) is 0.583. The Morgan fingerprint density at radius 2 is 2.16 bits per heavy atom. The van der Waals surface area contributed by atoms with Crippen molar-refractivity contribution < 1.29 is 18.7 Å². The van der Waals surface area contributed by atoms with Crippen molar-refractivity contribution in [1.29, 1.82) is 0 Å². The molecule has 0 spiro atoms. The van der Waals surface area contributed by atoms with Crippen LogP contribution in [0.25, 0.3) is 6.08 Å². The van der Waals surface area contributed by atoms with Crippen LogP contribution in [-0.4, -0.2) is 37.0 Å². The highest BCUT2D eigenvalue weighted by atomic mass is 16.5. The first-order valence-electron chi connectivity index (χ1n) is 6.17. The zero-order chi connectivity index (χ0) is 14.3. The molecule has 1 heterocycles. The van der Waals surface area contributed by atoms with Gasteiger partial charge in [-0.15, -0.1) is 0 Å². The lowest BCUT2D eigenvalue weighted by atomic mass is 10.3. The van der Waals surface area contributed by atoms with Gasteiger partial charge < -0.3 is 14.1 Å². The van der Waals surface area contributed by atoms with Gasteiger partial charge in [0, 0.05) is 19.2 Å². The summed E-state index contributed by atoms with van der Waals surface area (Å²) in [6.45, 7) is 4.59. The molecule has 1 amide bonds. The molecule has 0 radical (unpaired) electrons. The van der Waals surface area contributed by atoms with E-state index < -0.39 is 0 Å². The van der Waals surface area contributed by atoms with E-state index in [-0.39, 0.29) is 18.3 Å². The summed E-state index contributed by atoms with van der Waals surface area (Å²) in [6.07, 6.45) is 3.26. The number of rotatable bonds is 6. The third-order valence-electron chi connectivity index (χ3n) is 2.66. The summed E-state index contributed by atoms with van der Waals surface area (Å²) < 4.78 is 9.88. The van der Waals surface area contributed by atoms with Crippen molar-refractivity contribution in [1.82, 2.24) is 4.90 Å². The van der Waals surface area contributed by atoms with Crippen LogP contribution in [0, 0.1) is 6.92 Å². The minimum Gasteiger partial charge on any atom is -0.469 e. The van der Waals surface area contributed by atoms with Crippen molar-refractivity contribution >= 4 is 18.0 Å². The second-order valence-electron chi connectivity index (χ2n) is 4.03. The first kappa shape index (κ1) is 15.0. The minimum atomic E-state index is -0.322. The SMILES string of the molecule is CCN(CCC(=O)OC)C(=O)/C=C/c1ccc(C)o1. The molecule has 0 aliphatic carbocycles. The molecule has 0 saturated heterocycles. The van der Waals surface area contributed by atoms with E-state index in [9.17, 15) is 9.59 Å². The maximum atomic E-state index is 11.9. The number of aryl methyl sites for hydroxylation is 1. The molecule has 0 N–H and O–H groups in total. The molecule has 19 heavy (non-hydrogen) atoms. The van der Waals surface area contributed by atoms with Gasteiger partial charge in [0.15, 0.2) is 0 Å².